The van der Waals surface area contributed by atoms with Crippen molar-refractivity contribution in [2.75, 3.05) is 18.8 Å². The van der Waals surface area contributed by atoms with Gasteiger partial charge in [-0.1, -0.05) is 11.6 Å². The molecular formula is C14H19NOS2. The maximum atomic E-state index is 12.0. The molecule has 1 atom stereocenters. The van der Waals surface area contributed by atoms with Crippen LogP contribution < -0.4 is 0 Å². The number of amides is 1. The molecule has 0 bridgehead atoms. The van der Waals surface area contributed by atoms with Crippen molar-refractivity contribution in [1.82, 2.24) is 4.90 Å². The van der Waals surface area contributed by atoms with Gasteiger partial charge in [-0.15, -0.1) is 11.3 Å². The average Bonchev–Trinajstić information content (AvgIpc) is 2.72. The maximum Gasteiger partial charge on any atom is 0.246 e. The van der Waals surface area contributed by atoms with E-state index in [2.05, 4.69) is 17.5 Å². The molecule has 0 unspecified atom stereocenters. The molecule has 18 heavy (non-hydrogen) atoms. The van der Waals surface area contributed by atoms with Crippen molar-refractivity contribution in [3.05, 3.63) is 34.0 Å². The van der Waals surface area contributed by atoms with Crippen LogP contribution in [0.3, 0.4) is 0 Å². The molecule has 4 heteroatoms. The van der Waals surface area contributed by atoms with Crippen LogP contribution in [0.25, 0.3) is 0 Å². The van der Waals surface area contributed by atoms with Gasteiger partial charge in [0.2, 0.25) is 5.91 Å². The minimum absolute atomic E-state index is 0.169. The van der Waals surface area contributed by atoms with Gasteiger partial charge < -0.3 is 4.90 Å². The van der Waals surface area contributed by atoms with Gasteiger partial charge in [-0.05, 0) is 31.7 Å². The van der Waals surface area contributed by atoms with E-state index >= 15 is 0 Å². The quantitative estimate of drug-likeness (QED) is 0.770. The van der Waals surface area contributed by atoms with E-state index < -0.39 is 0 Å². The first-order chi connectivity index (χ1) is 8.66. The zero-order valence-corrected chi connectivity index (χ0v) is 12.5. The van der Waals surface area contributed by atoms with Crippen molar-refractivity contribution in [1.29, 1.82) is 0 Å². The monoisotopic (exact) mass is 281 g/mol. The van der Waals surface area contributed by atoms with Crippen LogP contribution in [0.4, 0.5) is 0 Å². The number of hydrogen-bond donors (Lipinski definition) is 0. The third-order valence-corrected chi connectivity index (χ3v) is 5.37. The molecule has 0 N–H and O–H groups in total. The highest BCUT2D eigenvalue weighted by atomic mass is 32.2. The van der Waals surface area contributed by atoms with E-state index in [0.717, 1.165) is 30.8 Å². The second-order valence-corrected chi connectivity index (χ2v) is 7.00. The van der Waals surface area contributed by atoms with Crippen molar-refractivity contribution in [3.8, 4) is 0 Å². The van der Waals surface area contributed by atoms with Gasteiger partial charge in [0.25, 0.3) is 0 Å². The molecule has 2 rings (SSSR count). The van der Waals surface area contributed by atoms with Crippen LogP contribution in [0, 0.1) is 0 Å². The summed E-state index contributed by atoms with van der Waals surface area (Å²) in [6.07, 6.45) is 2.81. The summed E-state index contributed by atoms with van der Waals surface area (Å²) in [6, 6.07) is 4.31. The van der Waals surface area contributed by atoms with Crippen molar-refractivity contribution in [2.45, 2.75) is 25.5 Å². The fourth-order valence-electron chi connectivity index (χ4n) is 2.03. The largest absolute Gasteiger partial charge is 0.338 e. The first-order valence-electron chi connectivity index (χ1n) is 6.25. The molecule has 0 radical (unpaired) electrons. The summed E-state index contributed by atoms with van der Waals surface area (Å²) in [7, 11) is 0. The molecule has 0 aliphatic carbocycles. The highest BCUT2D eigenvalue weighted by molar-refractivity contribution is 7.99. The predicted octanol–water partition coefficient (Wildman–Crippen LogP) is 3.72. The van der Waals surface area contributed by atoms with Crippen LogP contribution >= 0.6 is 23.1 Å². The van der Waals surface area contributed by atoms with E-state index in [0.29, 0.717) is 5.25 Å². The van der Waals surface area contributed by atoms with Crippen LogP contribution in [0.5, 0.6) is 0 Å². The average molecular weight is 281 g/mol. The molecule has 0 saturated carbocycles. The Morgan fingerprint density at radius 3 is 2.94 bits per heavy atom. The Bertz CT molecular complexity index is 421. The lowest BCUT2D eigenvalue weighted by molar-refractivity contribution is -0.125. The Balaban J connectivity index is 1.96. The van der Waals surface area contributed by atoms with Gasteiger partial charge in [0.15, 0.2) is 0 Å². The second kappa shape index (κ2) is 6.43. The minimum atomic E-state index is 0.169. The molecule has 2 heterocycles. The van der Waals surface area contributed by atoms with E-state index in [-0.39, 0.29) is 5.91 Å². The number of allylic oxidation sites excluding steroid dienone is 1. The van der Waals surface area contributed by atoms with Crippen LogP contribution in [0.1, 0.15) is 30.4 Å². The highest BCUT2D eigenvalue weighted by Crippen LogP contribution is 2.36. The Labute approximate surface area is 117 Å². The number of hydrogen-bond acceptors (Lipinski definition) is 3. The number of rotatable bonds is 2. The molecular weight excluding hydrogens is 262 g/mol. The lowest BCUT2D eigenvalue weighted by Gasteiger charge is -2.18. The molecule has 0 aromatic carbocycles. The van der Waals surface area contributed by atoms with Gasteiger partial charge in [-0.2, -0.15) is 11.8 Å². The first kappa shape index (κ1) is 13.7. The molecule has 1 aromatic heterocycles. The Morgan fingerprint density at radius 2 is 2.28 bits per heavy atom. The standard InChI is InChI=1S/C14H19NOS2/c1-11(2)10-14(16)15-6-5-13(18-9-7-15)12-4-3-8-17-12/h3-4,8,10,13H,5-7,9H2,1-2H3/t13-/m0/s1. The molecule has 0 spiro atoms. The zero-order valence-electron chi connectivity index (χ0n) is 10.9. The number of nitrogens with zero attached hydrogens (tertiary/aromatic N) is 1. The maximum absolute atomic E-state index is 12.0. The molecule has 1 fully saturated rings. The number of thioether (sulfide) groups is 1. The van der Waals surface area contributed by atoms with E-state index in [1.165, 1.54) is 4.88 Å². The lowest BCUT2D eigenvalue weighted by Crippen LogP contribution is -2.31. The van der Waals surface area contributed by atoms with Gasteiger partial charge in [-0.3, -0.25) is 4.79 Å². The van der Waals surface area contributed by atoms with Crippen LogP contribution in [-0.4, -0.2) is 29.6 Å². The van der Waals surface area contributed by atoms with Gasteiger partial charge in [-0.25, -0.2) is 0 Å². The normalized spacial score (nSPS) is 20.3. The van der Waals surface area contributed by atoms with Crippen LogP contribution in [-0.2, 0) is 4.79 Å². The lowest BCUT2D eigenvalue weighted by atomic mass is 10.2. The third-order valence-electron chi connectivity index (χ3n) is 2.93. The molecule has 1 aromatic rings. The summed E-state index contributed by atoms with van der Waals surface area (Å²) in [5, 5.41) is 2.70. The van der Waals surface area contributed by atoms with Crippen molar-refractivity contribution in [2.24, 2.45) is 0 Å². The minimum Gasteiger partial charge on any atom is -0.338 e. The number of carbonyl (C=O) groups excluding carboxylic acids is 1. The van der Waals surface area contributed by atoms with E-state index in [4.69, 9.17) is 0 Å². The summed E-state index contributed by atoms with van der Waals surface area (Å²) in [5.41, 5.74) is 1.08. The summed E-state index contributed by atoms with van der Waals surface area (Å²) < 4.78 is 0. The summed E-state index contributed by atoms with van der Waals surface area (Å²) >= 11 is 3.80. The smallest absolute Gasteiger partial charge is 0.246 e. The molecule has 1 aliphatic rings. The SMILES string of the molecule is CC(C)=CC(=O)N1CCS[C@H](c2cccs2)CC1. The Kier molecular flexibility index (Phi) is 4.89. The van der Waals surface area contributed by atoms with Crippen LogP contribution in [0.15, 0.2) is 29.2 Å². The summed E-state index contributed by atoms with van der Waals surface area (Å²) in [5.74, 6) is 1.20. The Morgan fingerprint density at radius 1 is 1.44 bits per heavy atom. The summed E-state index contributed by atoms with van der Waals surface area (Å²) in [6.45, 7) is 5.69. The fourth-order valence-corrected chi connectivity index (χ4v) is 4.27. The number of carbonyl (C=O) groups is 1. The van der Waals surface area contributed by atoms with Gasteiger partial charge in [0.1, 0.15) is 0 Å². The Hall–Kier alpha value is -0.740. The third kappa shape index (κ3) is 3.62. The molecule has 98 valence electrons. The summed E-state index contributed by atoms with van der Waals surface area (Å²) in [4.78, 5) is 15.4. The van der Waals surface area contributed by atoms with E-state index in [9.17, 15) is 4.79 Å². The second-order valence-electron chi connectivity index (χ2n) is 4.71. The van der Waals surface area contributed by atoms with Gasteiger partial charge in [0.05, 0.1) is 0 Å². The van der Waals surface area contributed by atoms with E-state index in [1.54, 1.807) is 6.08 Å². The van der Waals surface area contributed by atoms with Crippen molar-refractivity contribution < 1.29 is 4.79 Å². The van der Waals surface area contributed by atoms with Crippen molar-refractivity contribution >= 4 is 29.0 Å². The zero-order chi connectivity index (χ0) is 13.0. The van der Waals surface area contributed by atoms with Gasteiger partial charge >= 0.3 is 0 Å². The van der Waals surface area contributed by atoms with Crippen molar-refractivity contribution in [3.63, 3.8) is 0 Å². The molecule has 1 saturated heterocycles. The van der Waals surface area contributed by atoms with E-state index in [1.807, 2.05) is 41.8 Å². The molecule has 1 amide bonds. The first-order valence-corrected chi connectivity index (χ1v) is 8.18. The van der Waals surface area contributed by atoms with Crippen LogP contribution in [0.2, 0.25) is 0 Å². The molecule has 2 nitrogen and oxygen atoms in total. The fraction of sp³-hybridized carbons (Fsp3) is 0.500. The molecule has 1 aliphatic heterocycles. The highest BCUT2D eigenvalue weighted by Gasteiger charge is 2.21. The topological polar surface area (TPSA) is 20.3 Å². The van der Waals surface area contributed by atoms with Gasteiger partial charge in [0, 0.05) is 35.0 Å². The predicted molar refractivity (Wildman–Crippen MR) is 80.1 cm³/mol. The number of thiophene rings is 1.